The summed E-state index contributed by atoms with van der Waals surface area (Å²) in [6.45, 7) is 7.93. The second-order valence-electron chi connectivity index (χ2n) is 12.8. The fourth-order valence-electron chi connectivity index (χ4n) is 5.23. The molecule has 3 aromatic carbocycles. The SMILES string of the molecule is CC(C)(C)OC(=O)N[C@H](Cc1ccc(-c2cc(Cl)ccc2F)cc1)C[C@@](C)(COC1CCCCO1)C(=O)OCc1ccccc1. The van der Waals surface area contributed by atoms with E-state index in [2.05, 4.69) is 5.32 Å². The Bertz CT molecular complexity index is 1410. The van der Waals surface area contributed by atoms with E-state index >= 15 is 0 Å². The molecule has 1 aliphatic heterocycles. The number of esters is 1. The normalized spacial score (nSPS) is 17.2. The molecule has 1 unspecified atom stereocenters. The zero-order chi connectivity index (χ0) is 32.5. The Labute approximate surface area is 270 Å². The summed E-state index contributed by atoms with van der Waals surface area (Å²) in [5.74, 6) is -0.812. The number of hydrogen-bond donors (Lipinski definition) is 1. The molecular formula is C36H43ClFNO6. The van der Waals surface area contributed by atoms with Crippen molar-refractivity contribution in [1.82, 2.24) is 5.32 Å². The van der Waals surface area contributed by atoms with Gasteiger partial charge in [0.05, 0.1) is 12.0 Å². The van der Waals surface area contributed by atoms with Gasteiger partial charge in [0.1, 0.15) is 18.0 Å². The molecule has 1 aliphatic rings. The maximum absolute atomic E-state index is 14.5. The summed E-state index contributed by atoms with van der Waals surface area (Å²) in [6.07, 6.45) is 2.28. The van der Waals surface area contributed by atoms with Crippen molar-refractivity contribution in [3.63, 3.8) is 0 Å². The molecule has 9 heteroatoms. The number of alkyl carbamates (subject to hydrolysis) is 1. The van der Waals surface area contributed by atoms with Crippen LogP contribution in [0.25, 0.3) is 11.1 Å². The average molecular weight is 640 g/mol. The number of carbonyl (C=O) groups excluding carboxylic acids is 2. The number of ether oxygens (including phenoxy) is 4. The highest BCUT2D eigenvalue weighted by molar-refractivity contribution is 6.30. The third-order valence-corrected chi connectivity index (χ3v) is 7.76. The lowest BCUT2D eigenvalue weighted by Gasteiger charge is -2.34. The molecule has 3 atom stereocenters. The van der Waals surface area contributed by atoms with Crippen LogP contribution in [0.3, 0.4) is 0 Å². The van der Waals surface area contributed by atoms with Gasteiger partial charge in [-0.3, -0.25) is 4.79 Å². The molecule has 0 aromatic heterocycles. The van der Waals surface area contributed by atoms with Gasteiger partial charge < -0.3 is 24.3 Å². The van der Waals surface area contributed by atoms with Crippen molar-refractivity contribution in [1.29, 1.82) is 0 Å². The van der Waals surface area contributed by atoms with E-state index in [4.69, 9.17) is 30.5 Å². The topological polar surface area (TPSA) is 83.1 Å². The molecule has 0 saturated carbocycles. The highest BCUT2D eigenvalue weighted by Crippen LogP contribution is 2.31. The number of rotatable bonds is 12. The summed E-state index contributed by atoms with van der Waals surface area (Å²) in [5.41, 5.74) is 0.970. The molecule has 1 saturated heterocycles. The Morgan fingerprint density at radius 2 is 1.73 bits per heavy atom. The highest BCUT2D eigenvalue weighted by atomic mass is 35.5. The van der Waals surface area contributed by atoms with Crippen LogP contribution in [0.5, 0.6) is 0 Å². The molecule has 242 valence electrons. The summed E-state index contributed by atoms with van der Waals surface area (Å²) in [5, 5.41) is 3.42. The van der Waals surface area contributed by atoms with Crippen molar-refractivity contribution in [3.8, 4) is 11.1 Å². The average Bonchev–Trinajstić information content (AvgIpc) is 3.00. The highest BCUT2D eigenvalue weighted by Gasteiger charge is 2.40. The van der Waals surface area contributed by atoms with Crippen LogP contribution in [0, 0.1) is 11.2 Å². The molecule has 45 heavy (non-hydrogen) atoms. The molecular weight excluding hydrogens is 597 g/mol. The second kappa shape index (κ2) is 15.7. The molecule has 0 bridgehead atoms. The standard InChI is InChI=1S/C36H43ClFNO6/c1-35(2,3)45-34(41)39-29(20-25-13-15-27(16-14-25)30-21-28(37)17-18-31(30)38)22-36(4,24-44-32-12-8-9-19-42-32)33(40)43-23-26-10-6-5-7-11-26/h5-7,10-11,13-18,21,29,32H,8-9,12,19-20,22-24H2,1-4H3,(H,39,41)/t29-,32?,36+/m1/s1. The Morgan fingerprint density at radius 1 is 1.00 bits per heavy atom. The van der Waals surface area contributed by atoms with E-state index in [0.717, 1.165) is 30.4 Å². The van der Waals surface area contributed by atoms with Crippen LogP contribution < -0.4 is 5.32 Å². The zero-order valence-corrected chi connectivity index (χ0v) is 27.2. The number of hydrogen-bond acceptors (Lipinski definition) is 6. The molecule has 1 amide bonds. The van der Waals surface area contributed by atoms with Crippen molar-refractivity contribution in [2.45, 2.75) is 84.3 Å². The first-order valence-electron chi connectivity index (χ1n) is 15.4. The second-order valence-corrected chi connectivity index (χ2v) is 13.2. The van der Waals surface area contributed by atoms with E-state index in [1.165, 1.54) is 12.1 Å². The van der Waals surface area contributed by atoms with Crippen LogP contribution in [0.15, 0.2) is 72.8 Å². The molecule has 0 aliphatic carbocycles. The van der Waals surface area contributed by atoms with Gasteiger partial charge in [-0.1, -0.05) is 66.2 Å². The van der Waals surface area contributed by atoms with E-state index < -0.39 is 35.4 Å². The lowest BCUT2D eigenvalue weighted by atomic mass is 9.82. The van der Waals surface area contributed by atoms with Gasteiger partial charge in [-0.15, -0.1) is 0 Å². The fourth-order valence-corrected chi connectivity index (χ4v) is 5.41. The summed E-state index contributed by atoms with van der Waals surface area (Å²) in [4.78, 5) is 26.7. The Morgan fingerprint density at radius 3 is 2.40 bits per heavy atom. The molecule has 1 heterocycles. The predicted molar refractivity (Wildman–Crippen MR) is 172 cm³/mol. The Kier molecular flexibility index (Phi) is 12.0. The van der Waals surface area contributed by atoms with E-state index in [0.29, 0.717) is 29.2 Å². The van der Waals surface area contributed by atoms with Crippen molar-refractivity contribution in [2.75, 3.05) is 13.2 Å². The minimum atomic E-state index is -1.13. The van der Waals surface area contributed by atoms with Crippen molar-refractivity contribution in [2.24, 2.45) is 5.41 Å². The molecule has 3 aromatic rings. The van der Waals surface area contributed by atoms with Gasteiger partial charge in [-0.2, -0.15) is 0 Å². The molecule has 7 nitrogen and oxygen atoms in total. The van der Waals surface area contributed by atoms with Gasteiger partial charge in [0.15, 0.2) is 6.29 Å². The fraction of sp³-hybridized carbons (Fsp3) is 0.444. The lowest BCUT2D eigenvalue weighted by molar-refractivity contribution is -0.191. The van der Waals surface area contributed by atoms with Crippen LogP contribution in [0.1, 0.15) is 64.5 Å². The quantitative estimate of drug-likeness (QED) is 0.201. The summed E-state index contributed by atoms with van der Waals surface area (Å²) in [6, 6.07) is 20.7. The minimum Gasteiger partial charge on any atom is -0.460 e. The van der Waals surface area contributed by atoms with Crippen LogP contribution >= 0.6 is 11.6 Å². The first kappa shape index (κ1) is 34.4. The predicted octanol–water partition coefficient (Wildman–Crippen LogP) is 8.26. The van der Waals surface area contributed by atoms with Gasteiger partial charge in [-0.25, -0.2) is 9.18 Å². The maximum atomic E-state index is 14.5. The molecule has 0 radical (unpaired) electrons. The van der Waals surface area contributed by atoms with Crippen LogP contribution in [-0.4, -0.2) is 43.2 Å². The smallest absolute Gasteiger partial charge is 0.407 e. The largest absolute Gasteiger partial charge is 0.460 e. The van der Waals surface area contributed by atoms with Gasteiger partial charge in [0.2, 0.25) is 0 Å². The third kappa shape index (κ3) is 10.8. The molecule has 1 N–H and O–H groups in total. The minimum absolute atomic E-state index is 0.0464. The maximum Gasteiger partial charge on any atom is 0.407 e. The Hall–Kier alpha value is -3.46. The van der Waals surface area contributed by atoms with Crippen LogP contribution in [0.4, 0.5) is 9.18 Å². The molecule has 1 fully saturated rings. The summed E-state index contributed by atoms with van der Waals surface area (Å²) < 4.78 is 37.8. The number of halogens is 2. The van der Waals surface area contributed by atoms with Crippen molar-refractivity contribution < 1.29 is 32.9 Å². The first-order valence-corrected chi connectivity index (χ1v) is 15.8. The monoisotopic (exact) mass is 639 g/mol. The van der Waals surface area contributed by atoms with Gasteiger partial charge in [-0.05, 0) is 94.7 Å². The lowest BCUT2D eigenvalue weighted by Crippen LogP contribution is -2.47. The zero-order valence-electron chi connectivity index (χ0n) is 26.4. The number of amides is 1. The molecule has 4 rings (SSSR count). The van der Waals surface area contributed by atoms with Crippen LogP contribution in [-0.2, 0) is 36.8 Å². The van der Waals surface area contributed by atoms with Gasteiger partial charge in [0, 0.05) is 23.2 Å². The van der Waals surface area contributed by atoms with E-state index in [1.54, 1.807) is 33.8 Å². The van der Waals surface area contributed by atoms with Gasteiger partial charge >= 0.3 is 12.1 Å². The third-order valence-electron chi connectivity index (χ3n) is 7.52. The van der Waals surface area contributed by atoms with Crippen LogP contribution in [0.2, 0.25) is 5.02 Å². The number of benzene rings is 3. The number of nitrogens with one attached hydrogen (secondary N) is 1. The molecule has 0 spiro atoms. The van der Waals surface area contributed by atoms with E-state index in [1.807, 2.05) is 54.6 Å². The van der Waals surface area contributed by atoms with E-state index in [9.17, 15) is 14.0 Å². The number of carbonyl (C=O) groups is 2. The summed E-state index contributed by atoms with van der Waals surface area (Å²) in [7, 11) is 0. The first-order chi connectivity index (χ1) is 21.4. The van der Waals surface area contributed by atoms with E-state index in [-0.39, 0.29) is 25.5 Å². The van der Waals surface area contributed by atoms with Crippen molar-refractivity contribution >= 4 is 23.7 Å². The van der Waals surface area contributed by atoms with Gasteiger partial charge in [0.25, 0.3) is 0 Å². The summed E-state index contributed by atoms with van der Waals surface area (Å²) >= 11 is 6.11. The van der Waals surface area contributed by atoms with Crippen molar-refractivity contribution in [3.05, 3.63) is 94.8 Å². The Balaban J connectivity index is 1.56.